The third-order valence-electron chi connectivity index (χ3n) is 5.19. The Labute approximate surface area is 167 Å². The maximum atomic E-state index is 12.4. The summed E-state index contributed by atoms with van der Waals surface area (Å²) >= 11 is 0. The SMILES string of the molecule is CC(C)(C)OC(=O)N[C@@H]1CCCCC1c1cnccc1-c1cccc(CN)c1. The molecule has 5 heteroatoms. The standard InChI is InChI=1S/C23H31N3O2/c1-23(2,3)28-22(27)26-21-10-5-4-9-19(21)20-15-25-12-11-18(20)17-8-6-7-16(13-17)14-24/h6-8,11-13,15,19,21H,4-5,9-10,14,24H2,1-3H3,(H,26,27)/t19?,21-/m1/s1. The molecule has 2 atom stereocenters. The summed E-state index contributed by atoms with van der Waals surface area (Å²) in [6.07, 6.45) is 7.65. The van der Waals surface area contributed by atoms with E-state index in [1.807, 2.05) is 45.3 Å². The molecule has 0 saturated heterocycles. The molecule has 0 spiro atoms. The molecule has 3 N–H and O–H groups in total. The number of alkyl carbamates (subject to hydrolysis) is 1. The fourth-order valence-electron chi connectivity index (χ4n) is 3.97. The van der Waals surface area contributed by atoms with E-state index in [0.29, 0.717) is 6.54 Å². The van der Waals surface area contributed by atoms with Crippen LogP contribution in [-0.2, 0) is 11.3 Å². The van der Waals surface area contributed by atoms with Crippen LogP contribution in [0.3, 0.4) is 0 Å². The van der Waals surface area contributed by atoms with E-state index in [1.54, 1.807) is 0 Å². The van der Waals surface area contributed by atoms with E-state index in [9.17, 15) is 4.79 Å². The molecule has 150 valence electrons. The van der Waals surface area contributed by atoms with Crippen LogP contribution in [-0.4, -0.2) is 22.7 Å². The number of carbonyl (C=O) groups excluding carboxylic acids is 1. The van der Waals surface area contributed by atoms with Crippen molar-refractivity contribution in [1.29, 1.82) is 0 Å². The van der Waals surface area contributed by atoms with Crippen molar-refractivity contribution in [1.82, 2.24) is 10.3 Å². The first kappa shape index (κ1) is 20.3. The van der Waals surface area contributed by atoms with Crippen LogP contribution in [0.25, 0.3) is 11.1 Å². The molecule has 28 heavy (non-hydrogen) atoms. The van der Waals surface area contributed by atoms with Gasteiger partial charge in [0.15, 0.2) is 0 Å². The molecule has 1 aromatic carbocycles. The molecule has 0 radical (unpaired) electrons. The van der Waals surface area contributed by atoms with Gasteiger partial charge in [0.05, 0.1) is 0 Å². The molecule has 1 aromatic heterocycles. The van der Waals surface area contributed by atoms with Gasteiger partial charge < -0.3 is 15.8 Å². The lowest BCUT2D eigenvalue weighted by Crippen LogP contribution is -2.43. The Kier molecular flexibility index (Phi) is 6.35. The molecule has 1 heterocycles. The maximum Gasteiger partial charge on any atom is 0.407 e. The number of nitrogens with zero attached hydrogens (tertiary/aromatic N) is 1. The van der Waals surface area contributed by atoms with Crippen molar-refractivity contribution in [2.24, 2.45) is 5.73 Å². The average Bonchev–Trinajstić information content (AvgIpc) is 2.67. The molecule has 3 rings (SSSR count). The molecule has 1 fully saturated rings. The van der Waals surface area contributed by atoms with Gasteiger partial charge in [-0.05, 0) is 68.0 Å². The number of pyridine rings is 1. The molecule has 2 aromatic rings. The molecule has 0 bridgehead atoms. The number of amides is 1. The lowest BCUT2D eigenvalue weighted by molar-refractivity contribution is 0.0485. The fourth-order valence-corrected chi connectivity index (χ4v) is 3.97. The minimum atomic E-state index is -0.504. The molecular weight excluding hydrogens is 350 g/mol. The van der Waals surface area contributed by atoms with Crippen molar-refractivity contribution in [2.45, 2.75) is 70.6 Å². The summed E-state index contributed by atoms with van der Waals surface area (Å²) < 4.78 is 5.49. The largest absolute Gasteiger partial charge is 0.444 e. The van der Waals surface area contributed by atoms with E-state index in [1.165, 1.54) is 5.56 Å². The van der Waals surface area contributed by atoms with E-state index < -0.39 is 5.60 Å². The second-order valence-electron chi connectivity index (χ2n) is 8.51. The van der Waals surface area contributed by atoms with Gasteiger partial charge in [0.1, 0.15) is 5.60 Å². The third kappa shape index (κ3) is 5.10. The van der Waals surface area contributed by atoms with Gasteiger partial charge in [-0.25, -0.2) is 4.79 Å². The van der Waals surface area contributed by atoms with Crippen LogP contribution in [0.2, 0.25) is 0 Å². The first-order valence-corrected chi connectivity index (χ1v) is 10.1. The summed E-state index contributed by atoms with van der Waals surface area (Å²) in [4.78, 5) is 16.8. The van der Waals surface area contributed by atoms with E-state index in [0.717, 1.165) is 42.4 Å². The summed E-state index contributed by atoms with van der Waals surface area (Å²) in [6, 6.07) is 10.4. The van der Waals surface area contributed by atoms with Crippen molar-refractivity contribution >= 4 is 6.09 Å². The van der Waals surface area contributed by atoms with Crippen molar-refractivity contribution in [3.63, 3.8) is 0 Å². The van der Waals surface area contributed by atoms with Crippen LogP contribution < -0.4 is 11.1 Å². The van der Waals surface area contributed by atoms with E-state index in [4.69, 9.17) is 10.5 Å². The zero-order chi connectivity index (χ0) is 20.1. The number of nitrogens with two attached hydrogens (primary N) is 1. The second-order valence-corrected chi connectivity index (χ2v) is 8.51. The molecule has 0 aliphatic heterocycles. The fraction of sp³-hybridized carbons (Fsp3) is 0.478. The van der Waals surface area contributed by atoms with Gasteiger partial charge in [0.25, 0.3) is 0 Å². The topological polar surface area (TPSA) is 77.2 Å². The van der Waals surface area contributed by atoms with Crippen molar-refractivity contribution in [2.75, 3.05) is 0 Å². The lowest BCUT2D eigenvalue weighted by Gasteiger charge is -2.34. The van der Waals surface area contributed by atoms with E-state index in [-0.39, 0.29) is 18.1 Å². The van der Waals surface area contributed by atoms with Gasteiger partial charge in [-0.2, -0.15) is 0 Å². The predicted octanol–water partition coefficient (Wildman–Crippen LogP) is 4.76. The van der Waals surface area contributed by atoms with Gasteiger partial charge in [-0.3, -0.25) is 4.98 Å². The molecule has 1 aliphatic carbocycles. The lowest BCUT2D eigenvalue weighted by atomic mass is 9.78. The first-order chi connectivity index (χ1) is 13.4. The van der Waals surface area contributed by atoms with Crippen LogP contribution in [0.1, 0.15) is 63.5 Å². The smallest absolute Gasteiger partial charge is 0.407 e. The maximum absolute atomic E-state index is 12.4. The number of hydrogen-bond acceptors (Lipinski definition) is 4. The van der Waals surface area contributed by atoms with Crippen LogP contribution in [0.4, 0.5) is 4.79 Å². The van der Waals surface area contributed by atoms with Crippen molar-refractivity contribution < 1.29 is 9.53 Å². The van der Waals surface area contributed by atoms with Crippen LogP contribution in [0, 0.1) is 0 Å². The van der Waals surface area contributed by atoms with Crippen LogP contribution in [0.5, 0.6) is 0 Å². The first-order valence-electron chi connectivity index (χ1n) is 10.1. The number of aromatic nitrogens is 1. The highest BCUT2D eigenvalue weighted by Gasteiger charge is 2.31. The van der Waals surface area contributed by atoms with Crippen molar-refractivity contribution in [3.8, 4) is 11.1 Å². The summed E-state index contributed by atoms with van der Waals surface area (Å²) in [5.74, 6) is 0.214. The normalized spacial score (nSPS) is 19.9. The minimum absolute atomic E-state index is 0.0456. The zero-order valence-corrected chi connectivity index (χ0v) is 17.1. The zero-order valence-electron chi connectivity index (χ0n) is 17.1. The van der Waals surface area contributed by atoms with Gasteiger partial charge in [-0.1, -0.05) is 31.0 Å². The Morgan fingerprint density at radius 1 is 1.25 bits per heavy atom. The van der Waals surface area contributed by atoms with Gasteiger partial charge >= 0.3 is 6.09 Å². The molecule has 1 saturated carbocycles. The number of benzene rings is 1. The summed E-state index contributed by atoms with van der Waals surface area (Å²) in [7, 11) is 0. The minimum Gasteiger partial charge on any atom is -0.444 e. The van der Waals surface area contributed by atoms with Crippen LogP contribution >= 0.6 is 0 Å². The van der Waals surface area contributed by atoms with Gasteiger partial charge in [-0.15, -0.1) is 0 Å². The highest BCUT2D eigenvalue weighted by molar-refractivity contribution is 5.70. The Morgan fingerprint density at radius 2 is 2.04 bits per heavy atom. The number of ether oxygens (including phenoxy) is 1. The monoisotopic (exact) mass is 381 g/mol. The molecule has 5 nitrogen and oxygen atoms in total. The quantitative estimate of drug-likeness (QED) is 0.800. The number of hydrogen-bond donors (Lipinski definition) is 2. The van der Waals surface area contributed by atoms with Gasteiger partial charge in [0, 0.05) is 30.9 Å². The number of rotatable bonds is 4. The molecule has 1 aliphatic rings. The Balaban J connectivity index is 1.89. The highest BCUT2D eigenvalue weighted by Crippen LogP contribution is 2.38. The number of carbonyl (C=O) groups is 1. The molecular formula is C23H31N3O2. The van der Waals surface area contributed by atoms with Gasteiger partial charge in [0.2, 0.25) is 0 Å². The molecule has 1 unspecified atom stereocenters. The third-order valence-corrected chi connectivity index (χ3v) is 5.19. The molecule has 1 amide bonds. The van der Waals surface area contributed by atoms with Crippen molar-refractivity contribution in [3.05, 3.63) is 53.9 Å². The Morgan fingerprint density at radius 3 is 2.79 bits per heavy atom. The average molecular weight is 382 g/mol. The Bertz CT molecular complexity index is 813. The highest BCUT2D eigenvalue weighted by atomic mass is 16.6. The summed E-state index contributed by atoms with van der Waals surface area (Å²) in [6.45, 7) is 6.16. The van der Waals surface area contributed by atoms with E-state index in [2.05, 4.69) is 28.5 Å². The summed E-state index contributed by atoms with van der Waals surface area (Å²) in [5, 5.41) is 3.12. The second kappa shape index (κ2) is 8.74. The predicted molar refractivity (Wildman–Crippen MR) is 112 cm³/mol. The number of nitrogens with one attached hydrogen (secondary N) is 1. The van der Waals surface area contributed by atoms with E-state index >= 15 is 0 Å². The summed E-state index contributed by atoms with van der Waals surface area (Å²) in [5.41, 5.74) is 9.91. The van der Waals surface area contributed by atoms with Crippen LogP contribution in [0.15, 0.2) is 42.7 Å². The Hall–Kier alpha value is -2.40.